The molecule has 0 saturated carbocycles. The molecule has 102 valence electrons. The van der Waals surface area contributed by atoms with E-state index in [2.05, 4.69) is 27.3 Å². The van der Waals surface area contributed by atoms with Crippen molar-refractivity contribution in [3.63, 3.8) is 0 Å². The highest BCUT2D eigenvalue weighted by molar-refractivity contribution is 9.11. The summed E-state index contributed by atoms with van der Waals surface area (Å²) in [6, 6.07) is 8.87. The number of nitrogens with one attached hydrogen (secondary N) is 1. The lowest BCUT2D eigenvalue weighted by Gasteiger charge is -2.17. The minimum absolute atomic E-state index is 0.106. The van der Waals surface area contributed by atoms with E-state index in [4.69, 9.17) is 11.6 Å². The van der Waals surface area contributed by atoms with Gasteiger partial charge in [0.05, 0.1) is 3.79 Å². The average molecular weight is 363 g/mol. The molecule has 0 aliphatic heterocycles. The van der Waals surface area contributed by atoms with E-state index in [-0.39, 0.29) is 11.9 Å². The second-order valence-electron chi connectivity index (χ2n) is 4.19. The lowest BCUT2D eigenvalue weighted by Crippen LogP contribution is -2.22. The SMILES string of the molecule is CCNC(Cc1cc(Cl)ccc1F)c1ccc(Br)s1. The van der Waals surface area contributed by atoms with Gasteiger partial charge in [-0.15, -0.1) is 11.3 Å². The quantitative estimate of drug-likeness (QED) is 0.771. The number of hydrogen-bond acceptors (Lipinski definition) is 2. The van der Waals surface area contributed by atoms with Gasteiger partial charge in [0.1, 0.15) is 5.82 Å². The van der Waals surface area contributed by atoms with Gasteiger partial charge in [0, 0.05) is 15.9 Å². The molecule has 0 bridgehead atoms. The van der Waals surface area contributed by atoms with Crippen molar-refractivity contribution < 1.29 is 4.39 Å². The molecule has 5 heteroatoms. The number of halogens is 3. The lowest BCUT2D eigenvalue weighted by molar-refractivity contribution is 0.534. The number of thiophene rings is 1. The average Bonchev–Trinajstić information content (AvgIpc) is 2.80. The van der Waals surface area contributed by atoms with Gasteiger partial charge in [0.15, 0.2) is 0 Å². The molecular weight excluding hydrogens is 349 g/mol. The fourth-order valence-electron chi connectivity index (χ4n) is 1.95. The summed E-state index contributed by atoms with van der Waals surface area (Å²) in [4.78, 5) is 1.19. The Labute approximate surface area is 129 Å². The van der Waals surface area contributed by atoms with Crippen LogP contribution in [0.25, 0.3) is 0 Å². The first kappa shape index (κ1) is 15.0. The summed E-state index contributed by atoms with van der Waals surface area (Å²) in [7, 11) is 0. The summed E-state index contributed by atoms with van der Waals surface area (Å²) in [5.74, 6) is -0.206. The van der Waals surface area contributed by atoms with Crippen molar-refractivity contribution in [1.82, 2.24) is 5.32 Å². The molecule has 0 fully saturated rings. The highest BCUT2D eigenvalue weighted by Crippen LogP contribution is 2.30. The van der Waals surface area contributed by atoms with E-state index < -0.39 is 0 Å². The topological polar surface area (TPSA) is 12.0 Å². The van der Waals surface area contributed by atoms with E-state index in [9.17, 15) is 4.39 Å². The molecular formula is C14H14BrClFNS. The van der Waals surface area contributed by atoms with Crippen molar-refractivity contribution in [2.75, 3.05) is 6.54 Å². The third kappa shape index (κ3) is 4.02. The van der Waals surface area contributed by atoms with E-state index in [1.54, 1.807) is 23.5 Å². The van der Waals surface area contributed by atoms with E-state index in [1.807, 2.05) is 13.0 Å². The van der Waals surface area contributed by atoms with Crippen LogP contribution in [0.1, 0.15) is 23.4 Å². The van der Waals surface area contributed by atoms with Crippen molar-refractivity contribution in [3.8, 4) is 0 Å². The standard InChI is InChI=1S/C14H14BrClFNS/c1-2-18-12(13-5-6-14(15)19-13)8-9-7-10(16)3-4-11(9)17/h3-7,12,18H,2,8H2,1H3. The predicted octanol–water partition coefficient (Wildman–Crippen LogP) is 5.20. The fraction of sp³-hybridized carbons (Fsp3) is 0.286. The molecule has 0 aliphatic rings. The summed E-state index contributed by atoms with van der Waals surface area (Å²) < 4.78 is 14.9. The van der Waals surface area contributed by atoms with Gasteiger partial charge in [-0.25, -0.2) is 4.39 Å². The monoisotopic (exact) mass is 361 g/mol. The molecule has 2 aromatic rings. The van der Waals surface area contributed by atoms with Gasteiger partial charge in [-0.1, -0.05) is 18.5 Å². The Morgan fingerprint density at radius 1 is 1.37 bits per heavy atom. The molecule has 0 spiro atoms. The minimum atomic E-state index is -0.206. The van der Waals surface area contributed by atoms with Crippen LogP contribution >= 0.6 is 38.9 Å². The molecule has 1 aromatic heterocycles. The van der Waals surface area contributed by atoms with Crippen LogP contribution in [0.3, 0.4) is 0 Å². The zero-order chi connectivity index (χ0) is 13.8. The van der Waals surface area contributed by atoms with Crippen LogP contribution in [0, 0.1) is 5.82 Å². The molecule has 0 saturated heterocycles. The van der Waals surface area contributed by atoms with Crippen LogP contribution in [-0.4, -0.2) is 6.54 Å². The van der Waals surface area contributed by atoms with Crippen LogP contribution in [0.2, 0.25) is 5.02 Å². The molecule has 0 radical (unpaired) electrons. The van der Waals surface area contributed by atoms with Crippen LogP contribution in [0.15, 0.2) is 34.1 Å². The maximum absolute atomic E-state index is 13.8. The Hall–Kier alpha value is -0.420. The van der Waals surface area contributed by atoms with E-state index in [0.717, 1.165) is 10.3 Å². The number of hydrogen-bond donors (Lipinski definition) is 1. The van der Waals surface area contributed by atoms with Gasteiger partial charge in [0.25, 0.3) is 0 Å². The van der Waals surface area contributed by atoms with Gasteiger partial charge >= 0.3 is 0 Å². The molecule has 2 rings (SSSR count). The molecule has 1 N–H and O–H groups in total. The Bertz CT molecular complexity index is 558. The first-order valence-corrected chi connectivity index (χ1v) is 8.01. The molecule has 1 heterocycles. The van der Waals surface area contributed by atoms with Crippen LogP contribution < -0.4 is 5.32 Å². The van der Waals surface area contributed by atoms with Crippen molar-refractivity contribution in [3.05, 3.63) is 55.4 Å². The van der Waals surface area contributed by atoms with Crippen molar-refractivity contribution in [2.24, 2.45) is 0 Å². The highest BCUT2D eigenvalue weighted by Gasteiger charge is 2.15. The second-order valence-corrected chi connectivity index (χ2v) is 7.12. The molecule has 19 heavy (non-hydrogen) atoms. The predicted molar refractivity (Wildman–Crippen MR) is 83.6 cm³/mol. The van der Waals surface area contributed by atoms with Crippen molar-refractivity contribution in [1.29, 1.82) is 0 Å². The fourth-order valence-corrected chi connectivity index (χ4v) is 3.65. The third-order valence-electron chi connectivity index (χ3n) is 2.82. The van der Waals surface area contributed by atoms with Crippen LogP contribution in [-0.2, 0) is 6.42 Å². The van der Waals surface area contributed by atoms with Gasteiger partial charge in [-0.05, 0) is 64.8 Å². The maximum atomic E-state index is 13.8. The Balaban J connectivity index is 2.23. The number of rotatable bonds is 5. The van der Waals surface area contributed by atoms with Gasteiger partial charge in [0.2, 0.25) is 0 Å². The summed E-state index contributed by atoms with van der Waals surface area (Å²) in [6.45, 7) is 2.88. The lowest BCUT2D eigenvalue weighted by atomic mass is 10.0. The summed E-state index contributed by atoms with van der Waals surface area (Å²) in [6.07, 6.45) is 0.590. The summed E-state index contributed by atoms with van der Waals surface area (Å²) in [5.41, 5.74) is 0.642. The smallest absolute Gasteiger partial charge is 0.126 e. The largest absolute Gasteiger partial charge is 0.309 e. The molecule has 1 nitrogen and oxygen atoms in total. The summed E-state index contributed by atoms with van der Waals surface area (Å²) >= 11 is 11.1. The Morgan fingerprint density at radius 2 is 2.16 bits per heavy atom. The minimum Gasteiger partial charge on any atom is -0.309 e. The molecule has 0 aliphatic carbocycles. The number of likely N-dealkylation sites (N-methyl/N-ethyl adjacent to an activating group) is 1. The van der Waals surface area contributed by atoms with Crippen molar-refractivity contribution in [2.45, 2.75) is 19.4 Å². The van der Waals surface area contributed by atoms with Crippen LogP contribution in [0.5, 0.6) is 0 Å². The van der Waals surface area contributed by atoms with Gasteiger partial charge in [-0.2, -0.15) is 0 Å². The number of benzene rings is 1. The van der Waals surface area contributed by atoms with E-state index in [1.165, 1.54) is 10.9 Å². The molecule has 1 aromatic carbocycles. The zero-order valence-corrected chi connectivity index (χ0v) is 13.6. The van der Waals surface area contributed by atoms with Gasteiger partial charge < -0.3 is 5.32 Å². The summed E-state index contributed by atoms with van der Waals surface area (Å²) in [5, 5.41) is 3.96. The second kappa shape index (κ2) is 6.84. The normalized spacial score (nSPS) is 12.6. The van der Waals surface area contributed by atoms with E-state index >= 15 is 0 Å². The van der Waals surface area contributed by atoms with E-state index in [0.29, 0.717) is 17.0 Å². The molecule has 1 unspecified atom stereocenters. The zero-order valence-electron chi connectivity index (χ0n) is 10.4. The molecule has 0 amide bonds. The first-order valence-electron chi connectivity index (χ1n) is 6.02. The maximum Gasteiger partial charge on any atom is 0.126 e. The third-order valence-corrected chi connectivity index (χ3v) is 4.79. The van der Waals surface area contributed by atoms with Gasteiger partial charge in [-0.3, -0.25) is 0 Å². The highest BCUT2D eigenvalue weighted by atomic mass is 79.9. The van der Waals surface area contributed by atoms with Crippen molar-refractivity contribution >= 4 is 38.9 Å². The molecule has 1 atom stereocenters. The Morgan fingerprint density at radius 3 is 2.79 bits per heavy atom. The first-order chi connectivity index (χ1) is 9.10. The Kier molecular flexibility index (Phi) is 5.39. The van der Waals surface area contributed by atoms with Crippen LogP contribution in [0.4, 0.5) is 4.39 Å².